The lowest BCUT2D eigenvalue weighted by Gasteiger charge is -2.02. The van der Waals surface area contributed by atoms with Crippen molar-refractivity contribution in [2.24, 2.45) is 12.8 Å². The SMILES string of the molecule is Cn1c(=O)oc2c(CCCN)cc(Cl)cc21. The number of hydrogen-bond acceptors (Lipinski definition) is 3. The molecule has 0 unspecified atom stereocenters. The van der Waals surface area contributed by atoms with Crippen molar-refractivity contribution in [3.05, 3.63) is 33.3 Å². The van der Waals surface area contributed by atoms with Gasteiger partial charge in [0.05, 0.1) is 5.52 Å². The van der Waals surface area contributed by atoms with Crippen LogP contribution in [-0.2, 0) is 13.5 Å². The van der Waals surface area contributed by atoms with Crippen LogP contribution in [0.25, 0.3) is 11.1 Å². The third-order valence-corrected chi connectivity index (χ3v) is 2.80. The van der Waals surface area contributed by atoms with Gasteiger partial charge < -0.3 is 10.2 Å². The second kappa shape index (κ2) is 4.31. The van der Waals surface area contributed by atoms with Crippen LogP contribution in [0.3, 0.4) is 0 Å². The molecule has 0 aliphatic carbocycles. The molecule has 5 heteroatoms. The highest BCUT2D eigenvalue weighted by Crippen LogP contribution is 2.23. The molecule has 16 heavy (non-hydrogen) atoms. The van der Waals surface area contributed by atoms with Crippen LogP contribution in [0, 0.1) is 0 Å². The van der Waals surface area contributed by atoms with Crippen LogP contribution in [0.4, 0.5) is 0 Å². The number of nitrogens with zero attached hydrogens (tertiary/aromatic N) is 1. The van der Waals surface area contributed by atoms with Gasteiger partial charge in [-0.2, -0.15) is 0 Å². The van der Waals surface area contributed by atoms with Crippen LogP contribution in [-0.4, -0.2) is 11.1 Å². The third-order valence-electron chi connectivity index (χ3n) is 2.59. The van der Waals surface area contributed by atoms with Crippen molar-refractivity contribution >= 4 is 22.7 Å². The normalized spacial score (nSPS) is 11.2. The maximum atomic E-state index is 11.4. The van der Waals surface area contributed by atoms with Gasteiger partial charge >= 0.3 is 5.76 Å². The number of nitrogens with two attached hydrogens (primary N) is 1. The highest BCUT2D eigenvalue weighted by molar-refractivity contribution is 6.31. The Morgan fingerprint density at radius 1 is 1.50 bits per heavy atom. The first-order valence-electron chi connectivity index (χ1n) is 5.11. The Morgan fingerprint density at radius 2 is 2.25 bits per heavy atom. The molecule has 0 atom stereocenters. The van der Waals surface area contributed by atoms with Gasteiger partial charge in [-0.15, -0.1) is 0 Å². The van der Waals surface area contributed by atoms with Crippen LogP contribution < -0.4 is 11.5 Å². The van der Waals surface area contributed by atoms with E-state index in [1.165, 1.54) is 4.57 Å². The monoisotopic (exact) mass is 240 g/mol. The van der Waals surface area contributed by atoms with Crippen LogP contribution in [0.2, 0.25) is 5.02 Å². The summed E-state index contributed by atoms with van der Waals surface area (Å²) in [6.45, 7) is 0.602. The summed E-state index contributed by atoms with van der Waals surface area (Å²) in [5.74, 6) is -0.369. The number of aromatic nitrogens is 1. The van der Waals surface area contributed by atoms with Gasteiger partial charge in [0.2, 0.25) is 0 Å². The molecule has 0 fully saturated rings. The van der Waals surface area contributed by atoms with E-state index in [1.807, 2.05) is 6.07 Å². The number of rotatable bonds is 3. The molecule has 2 rings (SSSR count). The molecule has 1 heterocycles. The molecule has 4 nitrogen and oxygen atoms in total. The molecule has 2 aromatic rings. The van der Waals surface area contributed by atoms with Crippen molar-refractivity contribution in [2.45, 2.75) is 12.8 Å². The summed E-state index contributed by atoms with van der Waals surface area (Å²) in [5.41, 5.74) is 7.74. The molecule has 86 valence electrons. The number of benzene rings is 1. The lowest BCUT2D eigenvalue weighted by atomic mass is 10.1. The van der Waals surface area contributed by atoms with E-state index in [0.717, 1.165) is 23.9 Å². The predicted molar refractivity (Wildman–Crippen MR) is 63.8 cm³/mol. The Bertz CT molecular complexity index is 571. The van der Waals surface area contributed by atoms with Crippen LogP contribution in [0.15, 0.2) is 21.3 Å². The van der Waals surface area contributed by atoms with Gasteiger partial charge in [0, 0.05) is 12.1 Å². The first-order valence-corrected chi connectivity index (χ1v) is 5.49. The fourth-order valence-electron chi connectivity index (χ4n) is 1.73. The summed E-state index contributed by atoms with van der Waals surface area (Å²) in [7, 11) is 1.66. The molecular formula is C11H13ClN2O2. The Labute approximate surface area is 97.6 Å². The molecule has 0 saturated heterocycles. The van der Waals surface area contributed by atoms with Gasteiger partial charge in [0.15, 0.2) is 5.58 Å². The molecule has 0 aliphatic heterocycles. The highest BCUT2D eigenvalue weighted by Gasteiger charge is 2.11. The lowest BCUT2D eigenvalue weighted by Crippen LogP contribution is -2.08. The molecule has 0 amide bonds. The van der Waals surface area contributed by atoms with Crippen LogP contribution >= 0.6 is 11.6 Å². The highest BCUT2D eigenvalue weighted by atomic mass is 35.5. The van der Waals surface area contributed by atoms with Crippen LogP contribution in [0.1, 0.15) is 12.0 Å². The summed E-state index contributed by atoms with van der Waals surface area (Å²) in [4.78, 5) is 11.4. The second-order valence-electron chi connectivity index (χ2n) is 3.73. The quantitative estimate of drug-likeness (QED) is 0.888. The maximum Gasteiger partial charge on any atom is 0.419 e. The Balaban J connectivity index is 2.63. The number of oxazole rings is 1. The van der Waals surface area contributed by atoms with E-state index in [-0.39, 0.29) is 5.76 Å². The summed E-state index contributed by atoms with van der Waals surface area (Å²) >= 11 is 6.00. The molecule has 1 aromatic heterocycles. The molecule has 2 N–H and O–H groups in total. The van der Waals surface area contributed by atoms with E-state index in [2.05, 4.69) is 0 Å². The second-order valence-corrected chi connectivity index (χ2v) is 4.17. The summed E-state index contributed by atoms with van der Waals surface area (Å²) < 4.78 is 6.64. The van der Waals surface area contributed by atoms with Gasteiger partial charge in [-0.3, -0.25) is 4.57 Å². The smallest absolute Gasteiger partial charge is 0.407 e. The molecule has 0 radical (unpaired) electrons. The Morgan fingerprint density at radius 3 is 2.94 bits per heavy atom. The van der Waals surface area contributed by atoms with Crippen molar-refractivity contribution in [2.75, 3.05) is 6.54 Å². The zero-order chi connectivity index (χ0) is 11.7. The van der Waals surface area contributed by atoms with Crippen LogP contribution in [0.5, 0.6) is 0 Å². The van der Waals surface area contributed by atoms with E-state index >= 15 is 0 Å². The van der Waals surface area contributed by atoms with Gasteiger partial charge in [0.25, 0.3) is 0 Å². The molecule has 0 saturated carbocycles. The first kappa shape index (κ1) is 11.2. The number of halogens is 1. The minimum atomic E-state index is -0.369. The Hall–Kier alpha value is -1.26. The zero-order valence-corrected chi connectivity index (χ0v) is 9.75. The van der Waals surface area contributed by atoms with Gasteiger partial charge in [-0.1, -0.05) is 11.6 Å². The molecule has 0 spiro atoms. The van der Waals surface area contributed by atoms with Crippen molar-refractivity contribution in [1.82, 2.24) is 4.57 Å². The molecule has 1 aromatic carbocycles. The topological polar surface area (TPSA) is 61.2 Å². The summed E-state index contributed by atoms with van der Waals surface area (Å²) in [5, 5.41) is 0.607. The largest absolute Gasteiger partial charge is 0.419 e. The predicted octanol–water partition coefficient (Wildman–Crippen LogP) is 1.68. The number of aryl methyl sites for hydroxylation is 2. The zero-order valence-electron chi connectivity index (χ0n) is 9.00. The van der Waals surface area contributed by atoms with E-state index in [4.69, 9.17) is 21.8 Å². The molecule has 0 bridgehead atoms. The number of fused-ring (bicyclic) bond motifs is 1. The average molecular weight is 241 g/mol. The summed E-state index contributed by atoms with van der Waals surface area (Å²) in [6, 6.07) is 3.55. The Kier molecular flexibility index (Phi) is 3.03. The number of hydrogen-bond donors (Lipinski definition) is 1. The van der Waals surface area contributed by atoms with Gasteiger partial charge in [-0.25, -0.2) is 4.79 Å². The van der Waals surface area contributed by atoms with E-state index in [1.54, 1.807) is 13.1 Å². The van der Waals surface area contributed by atoms with Crippen molar-refractivity contribution in [3.63, 3.8) is 0 Å². The minimum absolute atomic E-state index is 0.369. The average Bonchev–Trinajstić information content (AvgIpc) is 2.53. The molecular weight excluding hydrogens is 228 g/mol. The minimum Gasteiger partial charge on any atom is -0.407 e. The van der Waals surface area contributed by atoms with Gasteiger partial charge in [-0.05, 0) is 37.1 Å². The van der Waals surface area contributed by atoms with E-state index < -0.39 is 0 Å². The lowest BCUT2D eigenvalue weighted by molar-refractivity contribution is 0.525. The van der Waals surface area contributed by atoms with E-state index in [9.17, 15) is 4.79 Å². The van der Waals surface area contributed by atoms with Crippen molar-refractivity contribution in [3.8, 4) is 0 Å². The third kappa shape index (κ3) is 1.86. The van der Waals surface area contributed by atoms with Gasteiger partial charge in [0.1, 0.15) is 0 Å². The summed E-state index contributed by atoms with van der Waals surface area (Å²) in [6.07, 6.45) is 1.61. The van der Waals surface area contributed by atoms with Crippen molar-refractivity contribution < 1.29 is 4.42 Å². The van der Waals surface area contributed by atoms with E-state index in [0.29, 0.717) is 17.2 Å². The fourth-order valence-corrected chi connectivity index (χ4v) is 1.97. The maximum absolute atomic E-state index is 11.4. The van der Waals surface area contributed by atoms with Crippen molar-refractivity contribution in [1.29, 1.82) is 0 Å². The molecule has 0 aliphatic rings. The standard InChI is InChI=1S/C11H13ClN2O2/c1-14-9-6-8(12)5-7(3-2-4-13)10(9)16-11(14)15/h5-6H,2-4,13H2,1H3. The fraction of sp³-hybridized carbons (Fsp3) is 0.364. The first-order chi connectivity index (χ1) is 7.63.